The maximum atomic E-state index is 5.85. The quantitative estimate of drug-likeness (QED) is 0.573. The van der Waals surface area contributed by atoms with Crippen molar-refractivity contribution in [1.29, 1.82) is 0 Å². The van der Waals surface area contributed by atoms with Crippen molar-refractivity contribution in [3.63, 3.8) is 0 Å². The molecule has 0 unspecified atom stereocenters. The highest BCUT2D eigenvalue weighted by Crippen LogP contribution is 2.31. The molecule has 0 aliphatic heterocycles. The highest BCUT2D eigenvalue weighted by atomic mass is 15.1. The van der Waals surface area contributed by atoms with E-state index in [-0.39, 0.29) is 5.96 Å². The summed E-state index contributed by atoms with van der Waals surface area (Å²) >= 11 is 0. The van der Waals surface area contributed by atoms with Crippen LogP contribution in [-0.2, 0) is 6.54 Å². The zero-order chi connectivity index (χ0) is 16.4. The SMILES string of the molecule is CC/C(N)=N/C(N)=Nc1ccc2c(c1)c1ccccc1n2CC. The van der Waals surface area contributed by atoms with Crippen LogP contribution in [0.5, 0.6) is 0 Å². The van der Waals surface area contributed by atoms with Gasteiger partial charge in [0.15, 0.2) is 0 Å². The van der Waals surface area contributed by atoms with E-state index >= 15 is 0 Å². The molecule has 0 amide bonds. The maximum Gasteiger partial charge on any atom is 0.222 e. The van der Waals surface area contributed by atoms with Crippen LogP contribution in [0.1, 0.15) is 20.3 Å². The lowest BCUT2D eigenvalue weighted by Gasteiger charge is -2.03. The van der Waals surface area contributed by atoms with E-state index < -0.39 is 0 Å². The van der Waals surface area contributed by atoms with Crippen molar-refractivity contribution < 1.29 is 0 Å². The molecule has 0 fully saturated rings. The van der Waals surface area contributed by atoms with Crippen LogP contribution in [0, 0.1) is 0 Å². The molecule has 3 aromatic rings. The third kappa shape index (κ3) is 2.77. The molecule has 4 N–H and O–H groups in total. The van der Waals surface area contributed by atoms with Gasteiger partial charge in [0.2, 0.25) is 5.96 Å². The molecule has 0 spiro atoms. The van der Waals surface area contributed by atoms with Crippen molar-refractivity contribution in [2.75, 3.05) is 0 Å². The molecule has 0 atom stereocenters. The Kier molecular flexibility index (Phi) is 4.02. The first-order chi connectivity index (χ1) is 11.1. The third-order valence-corrected chi connectivity index (χ3v) is 3.94. The number of fused-ring (bicyclic) bond motifs is 3. The molecule has 1 aromatic heterocycles. The fourth-order valence-corrected chi connectivity index (χ4v) is 2.84. The smallest absolute Gasteiger partial charge is 0.222 e. The van der Waals surface area contributed by atoms with Crippen LogP contribution in [0.25, 0.3) is 21.8 Å². The Morgan fingerprint density at radius 3 is 2.48 bits per heavy atom. The van der Waals surface area contributed by atoms with E-state index in [4.69, 9.17) is 11.5 Å². The van der Waals surface area contributed by atoms with Gasteiger partial charge in [-0.3, -0.25) is 0 Å². The molecular formula is C18H21N5. The van der Waals surface area contributed by atoms with Gasteiger partial charge in [-0.2, -0.15) is 0 Å². The lowest BCUT2D eigenvalue weighted by molar-refractivity contribution is 0.827. The van der Waals surface area contributed by atoms with Crippen LogP contribution in [-0.4, -0.2) is 16.4 Å². The second-order valence-electron chi connectivity index (χ2n) is 5.39. The Balaban J connectivity index is 2.16. The largest absolute Gasteiger partial charge is 0.387 e. The Hall–Kier alpha value is -2.82. The van der Waals surface area contributed by atoms with E-state index in [9.17, 15) is 0 Å². The molecule has 0 aliphatic carbocycles. The van der Waals surface area contributed by atoms with Gasteiger partial charge >= 0.3 is 0 Å². The number of aromatic nitrogens is 1. The number of rotatable bonds is 3. The second-order valence-corrected chi connectivity index (χ2v) is 5.39. The summed E-state index contributed by atoms with van der Waals surface area (Å²) in [5, 5.41) is 2.39. The van der Waals surface area contributed by atoms with Crippen molar-refractivity contribution in [2.45, 2.75) is 26.8 Å². The molecule has 0 saturated carbocycles. The van der Waals surface area contributed by atoms with E-state index in [0.717, 1.165) is 12.2 Å². The number of para-hydroxylation sites is 1. The molecular weight excluding hydrogens is 286 g/mol. The van der Waals surface area contributed by atoms with Crippen molar-refractivity contribution in [3.05, 3.63) is 42.5 Å². The average Bonchev–Trinajstić information content (AvgIpc) is 2.87. The number of hydrogen-bond donors (Lipinski definition) is 2. The number of nitrogens with zero attached hydrogens (tertiary/aromatic N) is 3. The topological polar surface area (TPSA) is 81.7 Å². The van der Waals surface area contributed by atoms with Gasteiger partial charge in [0.05, 0.1) is 5.69 Å². The summed E-state index contributed by atoms with van der Waals surface area (Å²) < 4.78 is 2.30. The maximum absolute atomic E-state index is 5.85. The number of aliphatic imine (C=N–C) groups is 2. The van der Waals surface area contributed by atoms with E-state index in [2.05, 4.69) is 51.8 Å². The molecule has 0 aliphatic rings. The van der Waals surface area contributed by atoms with Crippen molar-refractivity contribution in [2.24, 2.45) is 21.5 Å². The summed E-state index contributed by atoms with van der Waals surface area (Å²) in [4.78, 5) is 8.43. The Morgan fingerprint density at radius 2 is 1.74 bits per heavy atom. The average molecular weight is 307 g/mol. The first-order valence-corrected chi connectivity index (χ1v) is 7.82. The van der Waals surface area contributed by atoms with Crippen LogP contribution in [0.4, 0.5) is 5.69 Å². The molecule has 5 nitrogen and oxygen atoms in total. The predicted molar refractivity (Wildman–Crippen MR) is 98.3 cm³/mol. The number of amidine groups is 1. The standard InChI is InChI=1S/C18H21N5/c1-3-17(19)22-18(20)21-12-9-10-16-14(11-12)13-7-5-6-8-15(13)23(16)4-2/h5-11H,3-4H2,1-2H3,(H4,19,20,21,22). The first-order valence-electron chi connectivity index (χ1n) is 7.82. The lowest BCUT2D eigenvalue weighted by atomic mass is 10.1. The minimum absolute atomic E-state index is 0.183. The summed E-state index contributed by atoms with van der Waals surface area (Å²) in [6.45, 7) is 5.00. The number of hydrogen-bond acceptors (Lipinski definition) is 1. The summed E-state index contributed by atoms with van der Waals surface area (Å²) in [6, 6.07) is 14.5. The lowest BCUT2D eigenvalue weighted by Crippen LogP contribution is -2.17. The monoisotopic (exact) mass is 307 g/mol. The second kappa shape index (κ2) is 6.12. The van der Waals surface area contributed by atoms with Crippen LogP contribution in [0.2, 0.25) is 0 Å². The van der Waals surface area contributed by atoms with Gasteiger partial charge in [0.1, 0.15) is 5.84 Å². The molecule has 118 valence electrons. The van der Waals surface area contributed by atoms with Gasteiger partial charge in [0.25, 0.3) is 0 Å². The minimum atomic E-state index is 0.183. The van der Waals surface area contributed by atoms with Crippen LogP contribution < -0.4 is 11.5 Å². The predicted octanol–water partition coefficient (Wildman–Crippen LogP) is 3.53. The zero-order valence-corrected chi connectivity index (χ0v) is 13.5. The Morgan fingerprint density at radius 1 is 1.00 bits per heavy atom. The Labute approximate surface area is 135 Å². The number of nitrogens with two attached hydrogens (primary N) is 2. The van der Waals surface area contributed by atoms with Crippen LogP contribution >= 0.6 is 0 Å². The zero-order valence-electron chi connectivity index (χ0n) is 13.5. The van der Waals surface area contributed by atoms with E-state index in [1.807, 2.05) is 19.1 Å². The molecule has 0 radical (unpaired) electrons. The molecule has 0 saturated heterocycles. The first kappa shape index (κ1) is 15.1. The molecule has 1 heterocycles. The van der Waals surface area contributed by atoms with E-state index in [0.29, 0.717) is 12.3 Å². The summed E-state index contributed by atoms with van der Waals surface area (Å²) in [5.41, 5.74) is 14.8. The van der Waals surface area contributed by atoms with E-state index in [1.54, 1.807) is 0 Å². The van der Waals surface area contributed by atoms with Gasteiger partial charge in [-0.1, -0.05) is 25.1 Å². The highest BCUT2D eigenvalue weighted by molar-refractivity contribution is 6.09. The van der Waals surface area contributed by atoms with Crippen molar-refractivity contribution >= 4 is 39.3 Å². The summed E-state index contributed by atoms with van der Waals surface area (Å²) in [7, 11) is 0. The summed E-state index contributed by atoms with van der Waals surface area (Å²) in [6.07, 6.45) is 0.652. The highest BCUT2D eigenvalue weighted by Gasteiger charge is 2.09. The van der Waals surface area contributed by atoms with Crippen LogP contribution in [0.3, 0.4) is 0 Å². The van der Waals surface area contributed by atoms with Gasteiger partial charge in [-0.15, -0.1) is 0 Å². The molecule has 2 aromatic carbocycles. The normalized spacial score (nSPS) is 13.1. The van der Waals surface area contributed by atoms with Gasteiger partial charge in [-0.25, -0.2) is 9.98 Å². The van der Waals surface area contributed by atoms with Crippen LogP contribution in [0.15, 0.2) is 52.4 Å². The number of guanidine groups is 1. The van der Waals surface area contributed by atoms with E-state index in [1.165, 1.54) is 21.8 Å². The number of aryl methyl sites for hydroxylation is 1. The van der Waals surface area contributed by atoms with Gasteiger partial charge in [-0.05, 0) is 31.2 Å². The Bertz CT molecular complexity index is 918. The van der Waals surface area contributed by atoms with Crippen molar-refractivity contribution in [1.82, 2.24) is 4.57 Å². The molecule has 5 heteroatoms. The fraction of sp³-hybridized carbons (Fsp3) is 0.222. The summed E-state index contributed by atoms with van der Waals surface area (Å²) in [5.74, 6) is 0.665. The van der Waals surface area contributed by atoms with Gasteiger partial charge in [0, 0.05) is 34.8 Å². The van der Waals surface area contributed by atoms with Gasteiger partial charge < -0.3 is 16.0 Å². The third-order valence-electron chi connectivity index (χ3n) is 3.94. The fourth-order valence-electron chi connectivity index (χ4n) is 2.84. The molecule has 3 rings (SSSR count). The molecule has 0 bridgehead atoms. The van der Waals surface area contributed by atoms with Crippen molar-refractivity contribution in [3.8, 4) is 0 Å². The minimum Gasteiger partial charge on any atom is -0.387 e. The number of benzene rings is 2. The molecule has 23 heavy (non-hydrogen) atoms.